The normalized spacial score (nSPS) is 18.2. The summed E-state index contributed by atoms with van der Waals surface area (Å²) in [5, 5.41) is 7.93. The fourth-order valence-electron chi connectivity index (χ4n) is 2.69. The van der Waals surface area contributed by atoms with Crippen LogP contribution in [0.2, 0.25) is 0 Å². The van der Waals surface area contributed by atoms with Crippen LogP contribution in [0.3, 0.4) is 0 Å². The number of fused-ring (bicyclic) bond motifs is 1. The van der Waals surface area contributed by atoms with Crippen LogP contribution in [0.25, 0.3) is 5.65 Å². The van der Waals surface area contributed by atoms with Crippen LogP contribution < -0.4 is 5.32 Å². The molecule has 2 heterocycles. The van der Waals surface area contributed by atoms with E-state index in [1.54, 1.807) is 0 Å². The molecule has 0 aliphatic heterocycles. The van der Waals surface area contributed by atoms with E-state index in [1.165, 1.54) is 24.8 Å². The fourth-order valence-corrected chi connectivity index (χ4v) is 2.69. The maximum atomic E-state index is 4.74. The van der Waals surface area contributed by atoms with Crippen molar-refractivity contribution in [3.63, 3.8) is 0 Å². The summed E-state index contributed by atoms with van der Waals surface area (Å²) in [6.07, 6.45) is 5.66. The maximum Gasteiger partial charge on any atom is 0.159 e. The average molecular weight is 230 g/mol. The Bertz CT molecular complexity index is 539. The van der Waals surface area contributed by atoms with Crippen molar-refractivity contribution in [3.8, 4) is 0 Å². The topological polar surface area (TPSA) is 42.2 Å². The predicted octanol–water partition coefficient (Wildman–Crippen LogP) is 1.68. The zero-order valence-electron chi connectivity index (χ0n) is 10.4. The molecule has 1 fully saturated rings. The van der Waals surface area contributed by atoms with E-state index < -0.39 is 0 Å². The molecule has 2 aromatic heterocycles. The molecule has 0 amide bonds. The second kappa shape index (κ2) is 3.81. The van der Waals surface area contributed by atoms with Gasteiger partial charge in [-0.3, -0.25) is 0 Å². The van der Waals surface area contributed by atoms with Gasteiger partial charge in [0, 0.05) is 18.2 Å². The molecule has 2 aromatic rings. The SMILES string of the molecule is CNCC1(c2nc3c(C)cccn3n2)CCC1. The molecule has 0 bridgehead atoms. The number of pyridine rings is 1. The summed E-state index contributed by atoms with van der Waals surface area (Å²) in [6.45, 7) is 3.06. The van der Waals surface area contributed by atoms with Gasteiger partial charge in [-0.1, -0.05) is 12.5 Å². The second-order valence-electron chi connectivity index (χ2n) is 5.06. The van der Waals surface area contributed by atoms with Crippen LogP contribution in [0, 0.1) is 6.92 Å². The highest BCUT2D eigenvalue weighted by molar-refractivity contribution is 5.46. The van der Waals surface area contributed by atoms with Gasteiger partial charge in [-0.2, -0.15) is 5.10 Å². The predicted molar refractivity (Wildman–Crippen MR) is 67.2 cm³/mol. The monoisotopic (exact) mass is 230 g/mol. The molecule has 0 unspecified atom stereocenters. The Kier molecular flexibility index (Phi) is 2.40. The first-order valence-electron chi connectivity index (χ1n) is 6.22. The van der Waals surface area contributed by atoms with Gasteiger partial charge in [-0.15, -0.1) is 0 Å². The van der Waals surface area contributed by atoms with Crippen molar-refractivity contribution in [2.24, 2.45) is 0 Å². The molecule has 1 aliphatic rings. The summed E-state index contributed by atoms with van der Waals surface area (Å²) in [7, 11) is 2.00. The average Bonchev–Trinajstić information content (AvgIpc) is 2.69. The van der Waals surface area contributed by atoms with Crippen molar-refractivity contribution in [1.82, 2.24) is 19.9 Å². The molecule has 0 radical (unpaired) electrons. The van der Waals surface area contributed by atoms with Crippen LogP contribution in [0.4, 0.5) is 0 Å². The van der Waals surface area contributed by atoms with E-state index in [1.807, 2.05) is 23.8 Å². The zero-order valence-corrected chi connectivity index (χ0v) is 10.4. The Morgan fingerprint density at radius 1 is 1.47 bits per heavy atom. The molecule has 4 nitrogen and oxygen atoms in total. The minimum atomic E-state index is 0.174. The number of nitrogens with zero attached hydrogens (tertiary/aromatic N) is 3. The summed E-state index contributed by atoms with van der Waals surface area (Å²) in [4.78, 5) is 4.74. The Morgan fingerprint density at radius 3 is 2.88 bits per heavy atom. The van der Waals surface area contributed by atoms with Crippen LogP contribution in [-0.4, -0.2) is 28.2 Å². The van der Waals surface area contributed by atoms with Gasteiger partial charge < -0.3 is 5.32 Å². The van der Waals surface area contributed by atoms with Crippen molar-refractivity contribution in [2.75, 3.05) is 13.6 Å². The Morgan fingerprint density at radius 2 is 2.29 bits per heavy atom. The minimum Gasteiger partial charge on any atom is -0.319 e. The first kappa shape index (κ1) is 10.7. The first-order chi connectivity index (χ1) is 8.25. The summed E-state index contributed by atoms with van der Waals surface area (Å²) in [5.74, 6) is 1.01. The maximum absolute atomic E-state index is 4.74. The molecule has 0 saturated heterocycles. The largest absolute Gasteiger partial charge is 0.319 e. The summed E-state index contributed by atoms with van der Waals surface area (Å²) in [5.41, 5.74) is 2.35. The molecular formula is C13H18N4. The van der Waals surface area contributed by atoms with Gasteiger partial charge in [0.15, 0.2) is 11.5 Å². The van der Waals surface area contributed by atoms with E-state index in [-0.39, 0.29) is 5.41 Å². The number of likely N-dealkylation sites (N-methyl/N-ethyl adjacent to an activating group) is 1. The van der Waals surface area contributed by atoms with Crippen LogP contribution in [0.5, 0.6) is 0 Å². The van der Waals surface area contributed by atoms with Gasteiger partial charge >= 0.3 is 0 Å². The second-order valence-corrected chi connectivity index (χ2v) is 5.06. The number of rotatable bonds is 3. The summed E-state index contributed by atoms with van der Waals surface area (Å²) < 4.78 is 1.90. The molecule has 4 heteroatoms. The summed E-state index contributed by atoms with van der Waals surface area (Å²) in [6, 6.07) is 4.10. The van der Waals surface area contributed by atoms with Crippen LogP contribution in [0.15, 0.2) is 18.3 Å². The Labute approximate surface area is 101 Å². The van der Waals surface area contributed by atoms with Gasteiger partial charge in [-0.05, 0) is 38.4 Å². The van der Waals surface area contributed by atoms with Gasteiger partial charge in [0.2, 0.25) is 0 Å². The van der Waals surface area contributed by atoms with Crippen LogP contribution >= 0.6 is 0 Å². The van der Waals surface area contributed by atoms with Gasteiger partial charge in [0.05, 0.1) is 0 Å². The molecule has 3 rings (SSSR count). The van der Waals surface area contributed by atoms with E-state index in [0.717, 1.165) is 18.0 Å². The number of aromatic nitrogens is 3. The van der Waals surface area contributed by atoms with Gasteiger partial charge in [-0.25, -0.2) is 9.50 Å². The quantitative estimate of drug-likeness (QED) is 0.872. The third kappa shape index (κ3) is 1.55. The van der Waals surface area contributed by atoms with Crippen molar-refractivity contribution in [1.29, 1.82) is 0 Å². The first-order valence-corrected chi connectivity index (χ1v) is 6.22. The van der Waals surface area contributed by atoms with Crippen molar-refractivity contribution in [2.45, 2.75) is 31.6 Å². The third-order valence-electron chi connectivity index (χ3n) is 3.86. The molecule has 1 aliphatic carbocycles. The molecule has 17 heavy (non-hydrogen) atoms. The zero-order chi connectivity index (χ0) is 11.9. The molecule has 90 valence electrons. The van der Waals surface area contributed by atoms with E-state index >= 15 is 0 Å². The molecular weight excluding hydrogens is 212 g/mol. The highest BCUT2D eigenvalue weighted by Gasteiger charge is 2.41. The summed E-state index contributed by atoms with van der Waals surface area (Å²) >= 11 is 0. The lowest BCUT2D eigenvalue weighted by molar-refractivity contribution is 0.225. The number of hydrogen-bond acceptors (Lipinski definition) is 3. The van der Waals surface area contributed by atoms with Crippen LogP contribution in [-0.2, 0) is 5.41 Å². The molecule has 1 saturated carbocycles. The van der Waals surface area contributed by atoms with E-state index in [2.05, 4.69) is 23.4 Å². The number of hydrogen-bond donors (Lipinski definition) is 1. The Balaban J connectivity index is 2.08. The third-order valence-corrected chi connectivity index (χ3v) is 3.86. The molecule has 0 spiro atoms. The lowest BCUT2D eigenvalue weighted by Crippen LogP contribution is -2.43. The fraction of sp³-hybridized carbons (Fsp3) is 0.538. The van der Waals surface area contributed by atoms with Crippen molar-refractivity contribution >= 4 is 5.65 Å². The van der Waals surface area contributed by atoms with E-state index in [4.69, 9.17) is 4.98 Å². The smallest absolute Gasteiger partial charge is 0.159 e. The molecule has 1 N–H and O–H groups in total. The van der Waals surface area contributed by atoms with Crippen molar-refractivity contribution < 1.29 is 0 Å². The number of nitrogens with one attached hydrogen (secondary N) is 1. The highest BCUT2D eigenvalue weighted by Crippen LogP contribution is 2.41. The lowest BCUT2D eigenvalue weighted by atomic mass is 9.68. The van der Waals surface area contributed by atoms with Gasteiger partial charge in [0.25, 0.3) is 0 Å². The lowest BCUT2D eigenvalue weighted by Gasteiger charge is -2.39. The van der Waals surface area contributed by atoms with E-state index in [9.17, 15) is 0 Å². The molecule has 0 aromatic carbocycles. The van der Waals surface area contributed by atoms with Gasteiger partial charge in [0.1, 0.15) is 0 Å². The van der Waals surface area contributed by atoms with Crippen LogP contribution in [0.1, 0.15) is 30.7 Å². The Hall–Kier alpha value is -1.42. The standard InChI is InChI=1S/C13H18N4/c1-10-5-3-8-17-11(10)15-12(16-17)13(9-14-2)6-4-7-13/h3,5,8,14H,4,6-7,9H2,1-2H3. The minimum absolute atomic E-state index is 0.174. The van der Waals surface area contributed by atoms with Crippen molar-refractivity contribution in [3.05, 3.63) is 29.7 Å². The highest BCUT2D eigenvalue weighted by atomic mass is 15.3. The molecule has 0 atom stereocenters. The van der Waals surface area contributed by atoms with E-state index in [0.29, 0.717) is 0 Å². The number of aryl methyl sites for hydroxylation is 1.